The molecule has 0 unspecified atom stereocenters. The van der Waals surface area contributed by atoms with Gasteiger partial charge < -0.3 is 5.32 Å². The molecule has 0 radical (unpaired) electrons. The van der Waals surface area contributed by atoms with Gasteiger partial charge in [-0.15, -0.1) is 0 Å². The molecule has 2 rings (SSSR count). The van der Waals surface area contributed by atoms with Crippen LogP contribution in [0.15, 0.2) is 28.7 Å². The van der Waals surface area contributed by atoms with Crippen molar-refractivity contribution < 1.29 is 4.79 Å². The van der Waals surface area contributed by atoms with Crippen LogP contribution in [0.2, 0.25) is 0 Å². The highest BCUT2D eigenvalue weighted by atomic mass is 79.9. The number of nitrogens with one attached hydrogen (secondary N) is 1. The van der Waals surface area contributed by atoms with E-state index in [-0.39, 0.29) is 11.9 Å². The number of halogens is 1. The minimum absolute atomic E-state index is 0.0817. The third-order valence-corrected chi connectivity index (χ3v) is 4.29. The zero-order valence-electron chi connectivity index (χ0n) is 11.1. The summed E-state index contributed by atoms with van der Waals surface area (Å²) in [4.78, 5) is 12.2. The molecule has 19 heavy (non-hydrogen) atoms. The molecule has 1 fully saturated rings. The lowest BCUT2D eigenvalue weighted by atomic mass is 9.63. The lowest BCUT2D eigenvalue weighted by molar-refractivity contribution is -0.134. The van der Waals surface area contributed by atoms with Gasteiger partial charge in [0, 0.05) is 4.47 Å². The average Bonchev–Trinajstić information content (AvgIpc) is 2.35. The van der Waals surface area contributed by atoms with Gasteiger partial charge in [0.15, 0.2) is 0 Å². The number of amides is 1. The average molecular weight is 321 g/mol. The van der Waals surface area contributed by atoms with Crippen LogP contribution in [-0.4, -0.2) is 5.91 Å². The molecule has 1 atom stereocenters. The Bertz CT molecular complexity index is 512. The molecule has 3 nitrogen and oxygen atoms in total. The number of carbonyl (C=O) groups excluding carboxylic acids is 1. The lowest BCUT2D eigenvalue weighted by Crippen LogP contribution is -2.48. The molecule has 4 heteroatoms. The second-order valence-electron chi connectivity index (χ2n) is 5.45. The first-order valence-electron chi connectivity index (χ1n) is 6.44. The fourth-order valence-corrected chi connectivity index (χ4v) is 2.89. The van der Waals surface area contributed by atoms with Crippen LogP contribution < -0.4 is 5.32 Å². The van der Waals surface area contributed by atoms with Crippen molar-refractivity contribution in [1.82, 2.24) is 5.32 Å². The van der Waals surface area contributed by atoms with Crippen LogP contribution in [0.3, 0.4) is 0 Å². The number of nitrogens with zero attached hydrogens (tertiary/aromatic N) is 1. The van der Waals surface area contributed by atoms with Gasteiger partial charge in [-0.1, -0.05) is 35.0 Å². The second kappa shape index (κ2) is 5.34. The van der Waals surface area contributed by atoms with E-state index in [1.165, 1.54) is 0 Å². The van der Waals surface area contributed by atoms with Crippen LogP contribution in [0.5, 0.6) is 0 Å². The lowest BCUT2D eigenvalue weighted by Gasteiger charge is -2.39. The molecular weight excluding hydrogens is 304 g/mol. The van der Waals surface area contributed by atoms with Crippen molar-refractivity contribution in [2.75, 3.05) is 0 Å². The van der Waals surface area contributed by atoms with E-state index in [0.29, 0.717) is 18.8 Å². The van der Waals surface area contributed by atoms with Gasteiger partial charge in [-0.2, -0.15) is 5.26 Å². The minimum Gasteiger partial charge on any atom is -0.348 e. The van der Waals surface area contributed by atoms with Gasteiger partial charge in [-0.25, -0.2) is 0 Å². The predicted molar refractivity (Wildman–Crippen MR) is 77.1 cm³/mol. The largest absolute Gasteiger partial charge is 0.348 e. The quantitative estimate of drug-likeness (QED) is 0.925. The molecular formula is C15H17BrN2O. The van der Waals surface area contributed by atoms with Crippen molar-refractivity contribution in [3.8, 4) is 6.07 Å². The Labute approximate surface area is 122 Å². The summed E-state index contributed by atoms with van der Waals surface area (Å²) in [6.07, 6.45) is 1.34. The summed E-state index contributed by atoms with van der Waals surface area (Å²) in [5, 5.41) is 12.2. The number of nitriles is 1. The first kappa shape index (κ1) is 14.1. The molecule has 1 amide bonds. The van der Waals surface area contributed by atoms with Crippen LogP contribution in [0, 0.1) is 22.7 Å². The Kier molecular flexibility index (Phi) is 3.96. The zero-order chi connectivity index (χ0) is 14.0. The fraction of sp³-hybridized carbons (Fsp3) is 0.467. The van der Waals surface area contributed by atoms with Crippen molar-refractivity contribution >= 4 is 21.8 Å². The molecule has 1 N–H and O–H groups in total. The maximum Gasteiger partial charge on any atom is 0.240 e. The molecule has 1 aliphatic rings. The summed E-state index contributed by atoms with van der Waals surface area (Å²) in [6, 6.07) is 9.94. The van der Waals surface area contributed by atoms with E-state index in [2.05, 4.69) is 34.2 Å². The van der Waals surface area contributed by atoms with Crippen molar-refractivity contribution in [3.05, 3.63) is 34.3 Å². The SMILES string of the molecule is CC1CC(C#N)(C(=O)N[C@@H](C)c2ccc(Br)cc2)C1. The molecule has 0 bridgehead atoms. The molecule has 0 heterocycles. The number of rotatable bonds is 3. The number of benzene rings is 1. The second-order valence-corrected chi connectivity index (χ2v) is 6.37. The van der Waals surface area contributed by atoms with Gasteiger partial charge in [0.2, 0.25) is 5.91 Å². The molecule has 0 aromatic heterocycles. The number of carbonyl (C=O) groups is 1. The summed E-state index contributed by atoms with van der Waals surface area (Å²) in [5.74, 6) is 0.330. The van der Waals surface area contributed by atoms with Gasteiger partial charge in [0.1, 0.15) is 5.41 Å². The Morgan fingerprint density at radius 2 is 2.05 bits per heavy atom. The molecule has 0 aliphatic heterocycles. The minimum atomic E-state index is -0.803. The normalized spacial score (nSPS) is 26.9. The summed E-state index contributed by atoms with van der Waals surface area (Å²) in [5.41, 5.74) is 0.236. The summed E-state index contributed by atoms with van der Waals surface area (Å²) in [6.45, 7) is 4.01. The van der Waals surface area contributed by atoms with Gasteiger partial charge in [0.25, 0.3) is 0 Å². The summed E-state index contributed by atoms with van der Waals surface area (Å²) in [7, 11) is 0. The van der Waals surface area contributed by atoms with Crippen molar-refractivity contribution in [2.24, 2.45) is 11.3 Å². The standard InChI is InChI=1S/C15H17BrN2O/c1-10-7-15(8-10,9-17)14(19)18-11(2)12-3-5-13(16)6-4-12/h3-6,10-11H,7-8H2,1-2H3,(H,18,19)/t10?,11-,15?/m0/s1. The molecule has 1 aliphatic carbocycles. The zero-order valence-corrected chi connectivity index (χ0v) is 12.7. The summed E-state index contributed by atoms with van der Waals surface area (Å²) < 4.78 is 1.01. The van der Waals surface area contributed by atoms with Gasteiger partial charge in [-0.05, 0) is 43.4 Å². The maximum absolute atomic E-state index is 12.2. The third-order valence-electron chi connectivity index (χ3n) is 3.76. The molecule has 0 saturated heterocycles. The monoisotopic (exact) mass is 320 g/mol. The van der Waals surface area contributed by atoms with Gasteiger partial charge in [0.05, 0.1) is 12.1 Å². The Hall–Kier alpha value is -1.34. The highest BCUT2D eigenvalue weighted by Gasteiger charge is 2.49. The van der Waals surface area contributed by atoms with E-state index >= 15 is 0 Å². The van der Waals surface area contributed by atoms with Crippen molar-refractivity contribution in [2.45, 2.75) is 32.7 Å². The number of hydrogen-bond donors (Lipinski definition) is 1. The predicted octanol–water partition coefficient (Wildman–Crippen LogP) is 3.57. The third kappa shape index (κ3) is 2.82. The van der Waals surface area contributed by atoms with Gasteiger partial charge in [-0.3, -0.25) is 4.79 Å². The highest BCUT2D eigenvalue weighted by molar-refractivity contribution is 9.10. The van der Waals surface area contributed by atoms with Crippen molar-refractivity contribution in [3.63, 3.8) is 0 Å². The van der Waals surface area contributed by atoms with E-state index in [9.17, 15) is 10.1 Å². The topological polar surface area (TPSA) is 52.9 Å². The van der Waals surface area contributed by atoms with Gasteiger partial charge >= 0.3 is 0 Å². The van der Waals surface area contributed by atoms with Crippen molar-refractivity contribution in [1.29, 1.82) is 5.26 Å². The number of hydrogen-bond acceptors (Lipinski definition) is 2. The first-order valence-corrected chi connectivity index (χ1v) is 7.24. The molecule has 1 aromatic rings. The molecule has 1 saturated carbocycles. The van der Waals surface area contributed by atoms with E-state index in [0.717, 1.165) is 10.0 Å². The Balaban J connectivity index is 2.03. The maximum atomic E-state index is 12.2. The van der Waals surface area contributed by atoms with E-state index in [4.69, 9.17) is 0 Å². The van der Waals surface area contributed by atoms with E-state index < -0.39 is 5.41 Å². The van der Waals surface area contributed by atoms with Crippen LogP contribution in [0.25, 0.3) is 0 Å². The Morgan fingerprint density at radius 1 is 1.47 bits per heavy atom. The Morgan fingerprint density at radius 3 is 2.53 bits per heavy atom. The molecule has 100 valence electrons. The van der Waals surface area contributed by atoms with E-state index in [1.54, 1.807) is 0 Å². The summed E-state index contributed by atoms with van der Waals surface area (Å²) >= 11 is 3.38. The highest BCUT2D eigenvalue weighted by Crippen LogP contribution is 2.45. The fourth-order valence-electron chi connectivity index (χ4n) is 2.63. The smallest absolute Gasteiger partial charge is 0.240 e. The first-order chi connectivity index (χ1) is 8.97. The van der Waals surface area contributed by atoms with Crippen LogP contribution in [0.1, 0.15) is 38.3 Å². The van der Waals surface area contributed by atoms with E-state index in [1.807, 2.05) is 31.2 Å². The molecule has 1 aromatic carbocycles. The van der Waals surface area contributed by atoms with Crippen LogP contribution in [0.4, 0.5) is 0 Å². The van der Waals surface area contributed by atoms with Crippen LogP contribution in [-0.2, 0) is 4.79 Å². The molecule has 0 spiro atoms. The van der Waals surface area contributed by atoms with Crippen LogP contribution >= 0.6 is 15.9 Å².